The molecule has 0 fully saturated rings. The van der Waals surface area contributed by atoms with Gasteiger partial charge in [-0.1, -0.05) is 6.07 Å². The van der Waals surface area contributed by atoms with Crippen molar-refractivity contribution < 1.29 is 13.2 Å². The third-order valence-corrected chi connectivity index (χ3v) is 2.72. The number of nitrogen functional groups attached to an aromatic ring is 1. The number of halogens is 3. The van der Waals surface area contributed by atoms with Gasteiger partial charge < -0.3 is 9.99 Å². The number of anilines is 1. The van der Waals surface area contributed by atoms with Crippen LogP contribution in [-0.4, -0.2) is 15.7 Å². The molecule has 3 N–H and O–H groups in total. The second kappa shape index (κ2) is 4.93. The predicted octanol–water partition coefficient (Wildman–Crippen LogP) is 2.63. The number of nitrogens with two attached hydrogens (primary N) is 1. The number of nitrogens with one attached hydrogen (secondary N) is 1. The molecule has 2 rings (SSSR count). The van der Waals surface area contributed by atoms with Crippen molar-refractivity contribution in [3.05, 3.63) is 47.9 Å². The van der Waals surface area contributed by atoms with Crippen LogP contribution in [0.5, 0.6) is 0 Å². The van der Waals surface area contributed by atoms with Crippen LogP contribution >= 0.6 is 0 Å². The summed E-state index contributed by atoms with van der Waals surface area (Å²) < 4.78 is 40.7. The zero-order chi connectivity index (χ0) is 14.0. The molecular formula is C12H13F3N4. The standard InChI is InChI=1S/C12H13F3N4/c1-8-4-5-19(7-8)11(12(13,14)15)9-2-3-10(18-16)17-6-9/h2-7,11H,16H2,1H3,(H,17,18)/t11-/m0/s1. The Morgan fingerprint density at radius 2 is 2.05 bits per heavy atom. The Bertz CT molecular complexity index is 545. The van der Waals surface area contributed by atoms with E-state index in [0.29, 0.717) is 5.82 Å². The number of hydrogen-bond donors (Lipinski definition) is 2. The number of aryl methyl sites for hydroxylation is 1. The van der Waals surface area contributed by atoms with Crippen molar-refractivity contribution in [1.29, 1.82) is 0 Å². The third kappa shape index (κ3) is 2.87. The van der Waals surface area contributed by atoms with Crippen LogP contribution in [0.1, 0.15) is 17.2 Å². The van der Waals surface area contributed by atoms with Gasteiger partial charge >= 0.3 is 6.18 Å². The number of pyridine rings is 1. The Morgan fingerprint density at radius 1 is 1.32 bits per heavy atom. The Morgan fingerprint density at radius 3 is 2.47 bits per heavy atom. The van der Waals surface area contributed by atoms with Crippen molar-refractivity contribution in [1.82, 2.24) is 9.55 Å². The minimum atomic E-state index is -4.40. The largest absolute Gasteiger partial charge is 0.413 e. The SMILES string of the molecule is Cc1ccn([C@@H](c2ccc(NN)nc2)C(F)(F)F)c1. The van der Waals surface area contributed by atoms with E-state index in [1.807, 2.05) is 0 Å². The molecule has 0 bridgehead atoms. The smallest absolute Gasteiger partial charge is 0.338 e. The van der Waals surface area contributed by atoms with Gasteiger partial charge in [-0.3, -0.25) is 0 Å². The van der Waals surface area contributed by atoms with Crippen LogP contribution in [0.2, 0.25) is 0 Å². The zero-order valence-electron chi connectivity index (χ0n) is 10.1. The molecule has 19 heavy (non-hydrogen) atoms. The normalized spacial score (nSPS) is 13.3. The van der Waals surface area contributed by atoms with Crippen LogP contribution in [0, 0.1) is 6.92 Å². The number of rotatable bonds is 3. The van der Waals surface area contributed by atoms with E-state index in [9.17, 15) is 13.2 Å². The lowest BCUT2D eigenvalue weighted by atomic mass is 10.1. The van der Waals surface area contributed by atoms with Gasteiger partial charge in [-0.2, -0.15) is 13.2 Å². The summed E-state index contributed by atoms with van der Waals surface area (Å²) in [5, 5.41) is 0. The van der Waals surface area contributed by atoms with E-state index in [4.69, 9.17) is 5.84 Å². The maximum Gasteiger partial charge on any atom is 0.413 e. The highest BCUT2D eigenvalue weighted by atomic mass is 19.4. The maximum absolute atomic E-state index is 13.2. The van der Waals surface area contributed by atoms with Crippen LogP contribution in [0.15, 0.2) is 36.8 Å². The van der Waals surface area contributed by atoms with Gasteiger partial charge in [0.05, 0.1) is 0 Å². The van der Waals surface area contributed by atoms with E-state index in [-0.39, 0.29) is 5.56 Å². The first-order valence-electron chi connectivity index (χ1n) is 5.55. The number of aromatic nitrogens is 2. The molecule has 0 aliphatic carbocycles. The van der Waals surface area contributed by atoms with Gasteiger partial charge in [-0.15, -0.1) is 0 Å². The van der Waals surface area contributed by atoms with E-state index >= 15 is 0 Å². The second-order valence-electron chi connectivity index (χ2n) is 4.20. The van der Waals surface area contributed by atoms with Gasteiger partial charge in [0.25, 0.3) is 0 Å². The average molecular weight is 270 g/mol. The van der Waals surface area contributed by atoms with E-state index in [1.54, 1.807) is 13.0 Å². The molecule has 0 spiro atoms. The summed E-state index contributed by atoms with van der Waals surface area (Å²) >= 11 is 0. The highest BCUT2D eigenvalue weighted by Gasteiger charge is 2.42. The minimum Gasteiger partial charge on any atom is -0.338 e. The second-order valence-corrected chi connectivity index (χ2v) is 4.20. The molecule has 1 atom stereocenters. The summed E-state index contributed by atoms with van der Waals surface area (Å²) in [7, 11) is 0. The first-order valence-corrected chi connectivity index (χ1v) is 5.55. The molecule has 0 radical (unpaired) electrons. The quantitative estimate of drug-likeness (QED) is 0.666. The molecule has 2 aromatic heterocycles. The lowest BCUT2D eigenvalue weighted by molar-refractivity contribution is -0.156. The summed E-state index contributed by atoms with van der Waals surface area (Å²) in [6, 6.07) is 2.64. The van der Waals surface area contributed by atoms with Crippen molar-refractivity contribution >= 4 is 5.82 Å². The van der Waals surface area contributed by atoms with E-state index < -0.39 is 12.2 Å². The molecule has 0 saturated carbocycles. The Labute approximate surface area is 108 Å². The van der Waals surface area contributed by atoms with Gasteiger partial charge in [0, 0.05) is 24.2 Å². The van der Waals surface area contributed by atoms with Crippen LogP contribution < -0.4 is 11.3 Å². The average Bonchev–Trinajstić information content (AvgIpc) is 2.75. The van der Waals surface area contributed by atoms with Gasteiger partial charge in [0.15, 0.2) is 6.04 Å². The summed E-state index contributed by atoms with van der Waals surface area (Å²) in [5.74, 6) is 5.45. The molecule has 0 unspecified atom stereocenters. The number of alkyl halides is 3. The summed E-state index contributed by atoms with van der Waals surface area (Å²) in [6.45, 7) is 1.74. The fourth-order valence-corrected chi connectivity index (χ4v) is 1.87. The molecule has 0 aromatic carbocycles. The fourth-order valence-electron chi connectivity index (χ4n) is 1.87. The zero-order valence-corrected chi connectivity index (χ0v) is 10.1. The highest BCUT2D eigenvalue weighted by Crippen LogP contribution is 2.36. The minimum absolute atomic E-state index is 0.0575. The lowest BCUT2D eigenvalue weighted by Gasteiger charge is -2.22. The van der Waals surface area contributed by atoms with Crippen LogP contribution in [-0.2, 0) is 0 Å². The first kappa shape index (κ1) is 13.4. The maximum atomic E-state index is 13.2. The van der Waals surface area contributed by atoms with Crippen molar-refractivity contribution in [2.45, 2.75) is 19.1 Å². The van der Waals surface area contributed by atoms with E-state index in [1.165, 1.54) is 30.7 Å². The number of hydrogen-bond acceptors (Lipinski definition) is 3. The molecule has 102 valence electrons. The van der Waals surface area contributed by atoms with Gasteiger partial charge in [0.1, 0.15) is 5.82 Å². The lowest BCUT2D eigenvalue weighted by Crippen LogP contribution is -2.27. The van der Waals surface area contributed by atoms with Crippen LogP contribution in [0.3, 0.4) is 0 Å². The molecule has 0 aliphatic rings. The van der Waals surface area contributed by atoms with Gasteiger partial charge in [-0.25, -0.2) is 10.8 Å². The first-order chi connectivity index (χ1) is 8.91. The van der Waals surface area contributed by atoms with Crippen LogP contribution in [0.25, 0.3) is 0 Å². The van der Waals surface area contributed by atoms with Crippen LogP contribution in [0.4, 0.5) is 19.0 Å². The molecular weight excluding hydrogens is 257 g/mol. The summed E-state index contributed by atoms with van der Waals surface area (Å²) in [5.41, 5.74) is 3.10. The van der Waals surface area contributed by atoms with E-state index in [0.717, 1.165) is 10.1 Å². The van der Waals surface area contributed by atoms with Crippen molar-refractivity contribution in [2.24, 2.45) is 5.84 Å². The number of nitrogens with zero attached hydrogens (tertiary/aromatic N) is 2. The monoisotopic (exact) mass is 270 g/mol. The molecule has 2 heterocycles. The molecule has 2 aromatic rings. The van der Waals surface area contributed by atoms with Crippen molar-refractivity contribution in [3.8, 4) is 0 Å². The molecule has 0 aliphatic heterocycles. The number of hydrazine groups is 1. The van der Waals surface area contributed by atoms with Crippen molar-refractivity contribution in [2.75, 3.05) is 5.43 Å². The third-order valence-electron chi connectivity index (χ3n) is 2.72. The van der Waals surface area contributed by atoms with E-state index in [2.05, 4.69) is 10.4 Å². The molecule has 4 nitrogen and oxygen atoms in total. The fraction of sp³-hybridized carbons (Fsp3) is 0.250. The topological polar surface area (TPSA) is 55.9 Å². The van der Waals surface area contributed by atoms with Gasteiger partial charge in [-0.05, 0) is 24.6 Å². The molecule has 7 heteroatoms. The summed E-state index contributed by atoms with van der Waals surface area (Å²) in [6.07, 6.45) is -0.372. The predicted molar refractivity (Wildman–Crippen MR) is 65.4 cm³/mol. The Kier molecular flexibility index (Phi) is 3.48. The highest BCUT2D eigenvalue weighted by molar-refractivity contribution is 5.35. The summed E-state index contributed by atoms with van der Waals surface area (Å²) in [4.78, 5) is 3.81. The Hall–Kier alpha value is -2.02. The molecule has 0 saturated heterocycles. The molecule has 0 amide bonds. The van der Waals surface area contributed by atoms with Crippen molar-refractivity contribution in [3.63, 3.8) is 0 Å². The Balaban J connectivity index is 2.43. The van der Waals surface area contributed by atoms with Gasteiger partial charge in [0.2, 0.25) is 0 Å².